The highest BCUT2D eigenvalue weighted by molar-refractivity contribution is 6.07. The first-order chi connectivity index (χ1) is 46.1. The van der Waals surface area contributed by atoms with Gasteiger partial charge in [0, 0.05) is 27.7 Å². The third kappa shape index (κ3) is 14.1. The van der Waals surface area contributed by atoms with Crippen molar-refractivity contribution in [3.05, 3.63) is 273 Å². The van der Waals surface area contributed by atoms with Crippen molar-refractivity contribution in [2.45, 2.75) is 175 Å². The first kappa shape index (κ1) is 71.6. The zero-order chi connectivity index (χ0) is 68.0. The fourth-order valence-electron chi connectivity index (χ4n) is 17.0. The van der Waals surface area contributed by atoms with Crippen molar-refractivity contribution in [2.75, 3.05) is 52.4 Å². The van der Waals surface area contributed by atoms with Crippen LogP contribution in [0, 0.1) is 0 Å². The molecule has 0 heterocycles. The Morgan fingerprint density at radius 2 is 0.495 bits per heavy atom. The van der Waals surface area contributed by atoms with Crippen LogP contribution in [0.25, 0.3) is 11.1 Å². The number of Topliss-reactive ketones (excluding diaryl/α,β-unsaturated/α-hetero) is 4. The van der Waals surface area contributed by atoms with Gasteiger partial charge in [0.1, 0.15) is 0 Å². The van der Waals surface area contributed by atoms with Gasteiger partial charge in [-0.05, 0) is 184 Å². The van der Waals surface area contributed by atoms with Gasteiger partial charge < -0.3 is 0 Å². The topological polar surface area (TPSA) is 81.2 Å². The van der Waals surface area contributed by atoms with Crippen molar-refractivity contribution in [1.82, 2.24) is 19.6 Å². The first-order valence-electron chi connectivity index (χ1n) is 35.9. The second-order valence-electron chi connectivity index (χ2n) is 26.5. The van der Waals surface area contributed by atoms with Crippen LogP contribution in [0.3, 0.4) is 0 Å². The Balaban J connectivity index is 1.28. The number of hydrogen-bond acceptors (Lipinski definition) is 8. The maximum atomic E-state index is 16.3. The quantitative estimate of drug-likeness (QED) is 0.0359. The highest BCUT2D eigenvalue weighted by Gasteiger charge is 2.50. The van der Waals surface area contributed by atoms with E-state index in [1.807, 2.05) is 48.5 Å². The van der Waals surface area contributed by atoms with Crippen molar-refractivity contribution in [2.24, 2.45) is 0 Å². The zero-order valence-electron chi connectivity index (χ0n) is 59.3. The molecule has 8 nitrogen and oxygen atoms in total. The average molecular weight is 1270 g/mol. The van der Waals surface area contributed by atoms with Crippen molar-refractivity contribution in [3.63, 3.8) is 0 Å². The molecule has 8 heteroatoms. The van der Waals surface area contributed by atoms with Crippen LogP contribution in [-0.2, 0) is 43.9 Å². The maximum Gasteiger partial charge on any atom is 0.183 e. The largest absolute Gasteiger partial charge is 0.292 e. The predicted octanol–water partition coefficient (Wildman–Crippen LogP) is 18.1. The monoisotopic (exact) mass is 1270 g/mol. The number of carbonyl (C=O) groups is 4. The molecule has 4 atom stereocenters. The molecule has 0 aromatic heterocycles. The lowest BCUT2D eigenvalue weighted by molar-refractivity contribution is 0.0545. The Bertz CT molecular complexity index is 3570. The van der Waals surface area contributed by atoms with Gasteiger partial charge in [0.25, 0.3) is 0 Å². The second kappa shape index (κ2) is 31.9. The molecule has 0 radical (unpaired) electrons. The lowest BCUT2D eigenvalue weighted by Gasteiger charge is -2.42. The van der Waals surface area contributed by atoms with Crippen molar-refractivity contribution < 1.29 is 19.2 Å². The summed E-state index contributed by atoms with van der Waals surface area (Å²) in [5.74, 6) is 0.380. The Labute approximate surface area is 570 Å². The van der Waals surface area contributed by atoms with Crippen LogP contribution in [0.1, 0.15) is 195 Å². The molecule has 1 aliphatic carbocycles. The van der Waals surface area contributed by atoms with E-state index in [2.05, 4.69) is 260 Å². The van der Waals surface area contributed by atoms with Crippen LogP contribution in [0.15, 0.2) is 206 Å². The fraction of sp³-hybridized carbons (Fsp3) is 0.402. The van der Waals surface area contributed by atoms with Crippen molar-refractivity contribution in [1.29, 1.82) is 0 Å². The van der Waals surface area contributed by atoms with Gasteiger partial charge in [-0.25, -0.2) is 0 Å². The highest BCUT2D eigenvalue weighted by Crippen LogP contribution is 2.54. The summed E-state index contributed by atoms with van der Waals surface area (Å²) in [5.41, 5.74) is 9.13. The van der Waals surface area contributed by atoms with Crippen LogP contribution in [0.2, 0.25) is 0 Å². The predicted molar refractivity (Wildman–Crippen MR) is 395 cm³/mol. The molecule has 8 aromatic rings. The Hall–Kier alpha value is -7.72. The molecule has 498 valence electrons. The summed E-state index contributed by atoms with van der Waals surface area (Å²) in [6, 6.07) is 71.3. The van der Waals surface area contributed by atoms with Crippen molar-refractivity contribution in [3.8, 4) is 11.1 Å². The molecule has 95 heavy (non-hydrogen) atoms. The molecule has 8 aromatic carbocycles. The minimum atomic E-state index is -0.884. The van der Waals surface area contributed by atoms with Crippen LogP contribution >= 0.6 is 0 Å². The van der Waals surface area contributed by atoms with E-state index in [9.17, 15) is 0 Å². The number of hydrogen-bond donors (Lipinski definition) is 0. The van der Waals surface area contributed by atoms with Crippen molar-refractivity contribution >= 4 is 23.1 Å². The highest BCUT2D eigenvalue weighted by atomic mass is 16.1. The number of rotatable bonds is 36. The van der Waals surface area contributed by atoms with Gasteiger partial charge in [0.05, 0.1) is 22.2 Å². The molecule has 0 N–H and O–H groups in total. The first-order valence-corrected chi connectivity index (χ1v) is 35.9. The normalized spacial score (nSPS) is 16.2. The zero-order valence-corrected chi connectivity index (χ0v) is 59.3. The standard InChI is InChI=1S/C87H106N4O4/c1-13-84(88(17-5)18-6,61-65-37-29-25-30-38-65)79(92)71-49-45-69(46-50-71)59-83(60-70-47-51-72(52-48-70)80(93)85(14-2,89(19-7)20-8)62-66-39-31-26-32-40-66)77-57-73(81(94)86(15-3,90(21-9)22-10)63-67-41-33-27-34-42-67)53-55-75(77)76-56-54-74(58-78(76)83)82(95)87(16-4,91(23-11)24-12)64-68-43-35-28-36-44-68/h25-58H,13-24,59-64H2,1-12H3. The Morgan fingerprint density at radius 1 is 0.274 bits per heavy atom. The molecule has 0 fully saturated rings. The molecule has 0 amide bonds. The minimum absolute atomic E-state index is 0.0842. The summed E-state index contributed by atoms with van der Waals surface area (Å²) in [6.45, 7) is 31.6. The number of ketones is 4. The fourth-order valence-corrected chi connectivity index (χ4v) is 17.0. The maximum absolute atomic E-state index is 16.3. The van der Waals surface area contributed by atoms with E-state index in [1.54, 1.807) is 0 Å². The van der Waals surface area contributed by atoms with Gasteiger partial charge in [0.2, 0.25) is 0 Å². The molecular formula is C87H106N4O4. The Morgan fingerprint density at radius 3 is 0.716 bits per heavy atom. The van der Waals surface area contributed by atoms with E-state index >= 15 is 19.2 Å². The summed E-state index contributed by atoms with van der Waals surface area (Å²) >= 11 is 0. The number of nitrogens with zero attached hydrogens (tertiary/aromatic N) is 4. The molecule has 0 saturated carbocycles. The Kier molecular flexibility index (Phi) is 24.0. The van der Waals surface area contributed by atoms with E-state index in [0.717, 1.165) is 81.8 Å². The molecule has 9 rings (SSSR count). The van der Waals surface area contributed by atoms with Gasteiger partial charge in [0.15, 0.2) is 23.1 Å². The van der Waals surface area contributed by atoms with E-state index in [0.29, 0.717) is 113 Å². The number of fused-ring (bicyclic) bond motifs is 3. The second-order valence-corrected chi connectivity index (χ2v) is 26.5. The van der Waals surface area contributed by atoms with Gasteiger partial charge in [-0.3, -0.25) is 38.8 Å². The van der Waals surface area contributed by atoms with Gasteiger partial charge in [-0.2, -0.15) is 0 Å². The van der Waals surface area contributed by atoms with Crippen LogP contribution in [0.5, 0.6) is 0 Å². The van der Waals surface area contributed by atoms with Gasteiger partial charge in [-0.15, -0.1) is 0 Å². The summed E-state index contributed by atoms with van der Waals surface area (Å²) in [6.07, 6.45) is 5.77. The summed E-state index contributed by atoms with van der Waals surface area (Å²) < 4.78 is 0. The third-order valence-corrected chi connectivity index (χ3v) is 22.2. The van der Waals surface area contributed by atoms with Crippen LogP contribution in [0.4, 0.5) is 0 Å². The minimum Gasteiger partial charge on any atom is -0.292 e. The molecule has 4 unspecified atom stereocenters. The third-order valence-electron chi connectivity index (χ3n) is 22.2. The van der Waals surface area contributed by atoms with E-state index in [1.165, 1.54) is 0 Å². The number of carbonyl (C=O) groups excluding carboxylic acids is 4. The molecule has 0 bridgehead atoms. The van der Waals surface area contributed by atoms with Crippen LogP contribution < -0.4 is 0 Å². The van der Waals surface area contributed by atoms with Crippen LogP contribution in [-0.4, -0.2) is 117 Å². The number of likely N-dealkylation sites (N-methyl/N-ethyl adjacent to an activating group) is 4. The van der Waals surface area contributed by atoms with Gasteiger partial charge >= 0.3 is 0 Å². The average Bonchev–Trinajstić information content (AvgIpc) is 1.56. The van der Waals surface area contributed by atoms with E-state index in [-0.39, 0.29) is 23.1 Å². The summed E-state index contributed by atoms with van der Waals surface area (Å²) in [5, 5.41) is 0. The summed E-state index contributed by atoms with van der Waals surface area (Å²) in [7, 11) is 0. The molecule has 0 spiro atoms. The summed E-state index contributed by atoms with van der Waals surface area (Å²) in [4.78, 5) is 73.1. The molecular weight excluding hydrogens is 1160 g/mol. The van der Waals surface area contributed by atoms with Gasteiger partial charge in [-0.1, -0.05) is 277 Å². The van der Waals surface area contributed by atoms with E-state index < -0.39 is 27.6 Å². The number of benzene rings is 8. The van der Waals surface area contributed by atoms with E-state index in [4.69, 9.17) is 0 Å². The molecule has 0 aliphatic heterocycles. The molecule has 1 aliphatic rings. The lowest BCUT2D eigenvalue weighted by atomic mass is 9.68. The smallest absolute Gasteiger partial charge is 0.183 e. The SMILES string of the molecule is CCN(CC)C(CC)(Cc1ccccc1)C(=O)c1ccc(CC2(Cc3ccc(C(=O)C(CC)(Cc4ccccc4)N(CC)CC)cc3)c3cc(C(=O)C(CC)(Cc4ccccc4)N(CC)CC)ccc3-c3ccc(C(=O)C(CC)(Cc4ccccc4)N(CC)CC)cc32)cc1. The molecule has 0 saturated heterocycles. The lowest BCUT2D eigenvalue weighted by Crippen LogP contribution is -2.56.